The average Bonchev–Trinajstić information content (AvgIpc) is 2.69. The number of benzene rings is 2. The van der Waals surface area contributed by atoms with Crippen LogP contribution >= 0.6 is 11.6 Å². The highest BCUT2D eigenvalue weighted by Crippen LogP contribution is 2.23. The van der Waals surface area contributed by atoms with Gasteiger partial charge in [0, 0.05) is 10.6 Å². The molecule has 2 aromatic carbocycles. The summed E-state index contributed by atoms with van der Waals surface area (Å²) in [5.41, 5.74) is 1.33. The van der Waals surface area contributed by atoms with Crippen LogP contribution < -0.4 is 4.74 Å². The first kappa shape index (κ1) is 25.8. The van der Waals surface area contributed by atoms with Gasteiger partial charge in [0.05, 0.1) is 16.2 Å². The van der Waals surface area contributed by atoms with Crippen LogP contribution in [-0.2, 0) is 19.4 Å². The van der Waals surface area contributed by atoms with Gasteiger partial charge in [-0.15, -0.1) is 0 Å². The van der Waals surface area contributed by atoms with Crippen molar-refractivity contribution in [3.05, 3.63) is 58.1 Å². The normalized spacial score (nSPS) is 11.4. The lowest BCUT2D eigenvalue weighted by Crippen LogP contribution is -2.27. The molecule has 0 saturated heterocycles. The number of hydrogen-bond donors (Lipinski definition) is 0. The lowest BCUT2D eigenvalue weighted by Gasteiger charge is -2.19. The molecular formula is C25H29ClO5S. The van der Waals surface area contributed by atoms with Crippen molar-refractivity contribution in [1.29, 1.82) is 0 Å². The Morgan fingerprint density at radius 2 is 1.75 bits per heavy atom. The maximum absolute atomic E-state index is 12.5. The molecule has 0 aliphatic rings. The van der Waals surface area contributed by atoms with Gasteiger partial charge < -0.3 is 9.47 Å². The van der Waals surface area contributed by atoms with Gasteiger partial charge in [-0.2, -0.15) is 0 Å². The minimum atomic E-state index is -3.36. The van der Waals surface area contributed by atoms with Gasteiger partial charge in [0.25, 0.3) is 0 Å². The zero-order valence-electron chi connectivity index (χ0n) is 19.1. The van der Waals surface area contributed by atoms with E-state index in [9.17, 15) is 13.2 Å². The van der Waals surface area contributed by atoms with E-state index in [-0.39, 0.29) is 17.3 Å². The molecule has 0 fully saturated rings. The van der Waals surface area contributed by atoms with Gasteiger partial charge >= 0.3 is 5.97 Å². The molecule has 0 aliphatic heterocycles. The molecule has 0 aliphatic carbocycles. The second-order valence-electron chi connectivity index (χ2n) is 8.41. The summed E-state index contributed by atoms with van der Waals surface area (Å²) in [5.74, 6) is 6.02. The molecule has 0 heterocycles. The molecule has 32 heavy (non-hydrogen) atoms. The van der Waals surface area contributed by atoms with Crippen LogP contribution in [0.4, 0.5) is 0 Å². The Kier molecular flexibility index (Phi) is 8.77. The van der Waals surface area contributed by atoms with E-state index in [1.165, 1.54) is 0 Å². The predicted molar refractivity (Wildman–Crippen MR) is 127 cm³/mol. The van der Waals surface area contributed by atoms with Crippen molar-refractivity contribution < 1.29 is 22.7 Å². The van der Waals surface area contributed by atoms with E-state index in [1.807, 2.05) is 13.8 Å². The first-order chi connectivity index (χ1) is 14.9. The molecule has 0 saturated carbocycles. The minimum absolute atomic E-state index is 0.108. The van der Waals surface area contributed by atoms with Gasteiger partial charge in [0.15, 0.2) is 16.4 Å². The highest BCUT2D eigenvalue weighted by atomic mass is 35.5. The highest BCUT2D eigenvalue weighted by molar-refractivity contribution is 7.91. The maximum Gasteiger partial charge on any atom is 0.344 e. The number of sulfone groups is 1. The fraction of sp³-hybridized carbons (Fsp3) is 0.400. The second kappa shape index (κ2) is 10.9. The quantitative estimate of drug-likeness (QED) is 0.398. The Morgan fingerprint density at radius 1 is 1.06 bits per heavy atom. The summed E-state index contributed by atoms with van der Waals surface area (Å²) in [4.78, 5) is 12.2. The molecule has 2 rings (SSSR count). The van der Waals surface area contributed by atoms with Gasteiger partial charge in [0.1, 0.15) is 11.4 Å². The first-order valence-electron chi connectivity index (χ1n) is 10.4. The van der Waals surface area contributed by atoms with Crippen LogP contribution in [0.3, 0.4) is 0 Å². The molecule has 0 aromatic heterocycles. The molecule has 0 N–H and O–H groups in total. The summed E-state index contributed by atoms with van der Waals surface area (Å²) in [5, 5.41) is 0.464. The molecule has 172 valence electrons. The van der Waals surface area contributed by atoms with E-state index in [0.29, 0.717) is 28.3 Å². The molecule has 0 radical (unpaired) electrons. The highest BCUT2D eigenvalue weighted by Gasteiger charge is 2.17. The largest absolute Gasteiger partial charge is 0.481 e. The third-order valence-corrected chi connectivity index (χ3v) is 6.41. The zero-order chi connectivity index (χ0) is 23.9. The van der Waals surface area contributed by atoms with Crippen molar-refractivity contribution in [1.82, 2.24) is 0 Å². The van der Waals surface area contributed by atoms with Crippen LogP contribution in [-0.4, -0.2) is 32.3 Å². The van der Waals surface area contributed by atoms with Crippen LogP contribution in [0.15, 0.2) is 41.3 Å². The lowest BCUT2D eigenvalue weighted by molar-refractivity contribution is -0.157. The van der Waals surface area contributed by atoms with E-state index in [1.54, 1.807) is 57.2 Å². The summed E-state index contributed by atoms with van der Waals surface area (Å²) in [6.45, 7) is 8.89. The molecule has 0 amide bonds. The van der Waals surface area contributed by atoms with Crippen molar-refractivity contribution in [3.8, 4) is 17.6 Å². The average molecular weight is 477 g/mol. The monoisotopic (exact) mass is 476 g/mol. The molecule has 0 bridgehead atoms. The predicted octanol–water partition coefficient (Wildman–Crippen LogP) is 5.34. The number of aryl methyl sites for hydroxylation is 1. The lowest BCUT2D eigenvalue weighted by atomic mass is 10.1. The first-order valence-corrected chi connectivity index (χ1v) is 12.4. The molecule has 0 spiro atoms. The van der Waals surface area contributed by atoms with Gasteiger partial charge in [-0.1, -0.05) is 42.9 Å². The maximum atomic E-state index is 12.5. The summed E-state index contributed by atoms with van der Waals surface area (Å²) >= 11 is 6.12. The minimum Gasteiger partial charge on any atom is -0.481 e. The molecular weight excluding hydrogens is 448 g/mol. The molecule has 0 unspecified atom stereocenters. The number of carbonyl (C=O) groups excluding carboxylic acids is 1. The molecule has 2 aromatic rings. The number of unbranched alkanes of at least 4 members (excludes halogenated alkanes) is 1. The van der Waals surface area contributed by atoms with E-state index in [2.05, 4.69) is 11.8 Å². The Labute approximate surface area is 196 Å². The topological polar surface area (TPSA) is 69.7 Å². The van der Waals surface area contributed by atoms with Gasteiger partial charge in [0.2, 0.25) is 0 Å². The number of esters is 1. The molecule has 7 heteroatoms. The number of rotatable bonds is 7. The van der Waals surface area contributed by atoms with E-state index < -0.39 is 21.4 Å². The Hall–Kier alpha value is -2.49. The van der Waals surface area contributed by atoms with E-state index in [4.69, 9.17) is 21.1 Å². The third-order valence-electron chi connectivity index (χ3n) is 4.37. The smallest absolute Gasteiger partial charge is 0.344 e. The second-order valence-corrected chi connectivity index (χ2v) is 11.0. The van der Waals surface area contributed by atoms with Crippen molar-refractivity contribution in [2.24, 2.45) is 0 Å². The van der Waals surface area contributed by atoms with Crippen LogP contribution in [0.25, 0.3) is 0 Å². The van der Waals surface area contributed by atoms with Gasteiger partial charge in [-0.3, -0.25) is 0 Å². The Morgan fingerprint density at radius 3 is 2.41 bits per heavy atom. The Balaban J connectivity index is 2.31. The third kappa shape index (κ3) is 7.89. The Bertz CT molecular complexity index is 1140. The van der Waals surface area contributed by atoms with Crippen LogP contribution in [0.2, 0.25) is 5.02 Å². The van der Waals surface area contributed by atoms with Crippen molar-refractivity contribution in [3.63, 3.8) is 0 Å². The standard InChI is InChI=1S/C25H29ClO5S/c1-6-7-14-32(28,29)22-12-8-18(2)19(16-22)9-10-20-15-21(26)11-13-23(20)30-17-24(27)31-25(3,4)5/h8,11-13,15-16H,6-7,14,17H2,1-5H3. The van der Waals surface area contributed by atoms with Crippen molar-refractivity contribution >= 4 is 27.4 Å². The summed E-state index contributed by atoms with van der Waals surface area (Å²) in [6.07, 6.45) is 1.41. The van der Waals surface area contributed by atoms with Gasteiger partial charge in [-0.25, -0.2) is 13.2 Å². The molecule has 5 nitrogen and oxygen atoms in total. The van der Waals surface area contributed by atoms with E-state index in [0.717, 1.165) is 12.0 Å². The van der Waals surface area contributed by atoms with Crippen LogP contribution in [0, 0.1) is 18.8 Å². The number of ether oxygens (including phenoxy) is 2. The summed E-state index contributed by atoms with van der Waals surface area (Å²) in [6, 6.07) is 9.87. The number of carbonyl (C=O) groups is 1. The van der Waals surface area contributed by atoms with Crippen molar-refractivity contribution in [2.75, 3.05) is 12.4 Å². The fourth-order valence-corrected chi connectivity index (χ4v) is 4.40. The summed E-state index contributed by atoms with van der Waals surface area (Å²) < 4.78 is 36.0. The SMILES string of the molecule is CCCCS(=O)(=O)c1ccc(C)c(C#Cc2cc(Cl)ccc2OCC(=O)OC(C)(C)C)c1. The van der Waals surface area contributed by atoms with Crippen LogP contribution in [0.5, 0.6) is 5.75 Å². The fourth-order valence-electron chi connectivity index (χ4n) is 2.75. The van der Waals surface area contributed by atoms with Crippen LogP contribution in [0.1, 0.15) is 57.2 Å². The molecule has 0 atom stereocenters. The number of halogens is 1. The van der Waals surface area contributed by atoms with E-state index >= 15 is 0 Å². The summed E-state index contributed by atoms with van der Waals surface area (Å²) in [7, 11) is -3.36. The van der Waals surface area contributed by atoms with Crippen molar-refractivity contribution in [2.45, 2.75) is 58.0 Å². The number of hydrogen-bond acceptors (Lipinski definition) is 5. The zero-order valence-corrected chi connectivity index (χ0v) is 20.7. The van der Waals surface area contributed by atoms with Gasteiger partial charge in [-0.05, 0) is 70.0 Å².